The Hall–Kier alpha value is -1.31. The van der Waals surface area contributed by atoms with Crippen molar-refractivity contribution in [2.75, 3.05) is 7.05 Å². The van der Waals surface area contributed by atoms with Crippen molar-refractivity contribution < 1.29 is 0 Å². The molecule has 0 aliphatic heterocycles. The Morgan fingerprint density at radius 1 is 1.32 bits per heavy atom. The molecule has 0 bridgehead atoms. The fourth-order valence-corrected chi connectivity index (χ4v) is 2.97. The number of aryl methyl sites for hydroxylation is 1. The zero-order valence-corrected chi connectivity index (χ0v) is 15.5. The maximum absolute atomic E-state index is 4.67. The molecule has 3 rings (SSSR count). The summed E-state index contributed by atoms with van der Waals surface area (Å²) in [6.45, 7) is 0.678. The zero-order chi connectivity index (χ0) is 14.7. The van der Waals surface area contributed by atoms with Crippen molar-refractivity contribution in [3.05, 3.63) is 30.1 Å². The van der Waals surface area contributed by atoms with Crippen molar-refractivity contribution in [3.8, 4) is 0 Å². The summed E-state index contributed by atoms with van der Waals surface area (Å²) in [4.78, 5) is 8.98. The minimum absolute atomic E-state index is 0. The van der Waals surface area contributed by atoms with Gasteiger partial charge >= 0.3 is 0 Å². The summed E-state index contributed by atoms with van der Waals surface area (Å²) in [5.41, 5.74) is 2.20. The van der Waals surface area contributed by atoms with Crippen LogP contribution in [0.1, 0.15) is 31.5 Å². The van der Waals surface area contributed by atoms with Crippen molar-refractivity contribution in [1.82, 2.24) is 20.2 Å². The Morgan fingerprint density at radius 2 is 2.05 bits per heavy atom. The first kappa shape index (κ1) is 17.1. The minimum atomic E-state index is 0. The van der Waals surface area contributed by atoms with Crippen molar-refractivity contribution in [2.45, 2.75) is 38.3 Å². The molecule has 22 heavy (non-hydrogen) atoms. The molecule has 0 radical (unpaired) electrons. The van der Waals surface area contributed by atoms with E-state index in [1.54, 1.807) is 0 Å². The van der Waals surface area contributed by atoms with Crippen molar-refractivity contribution in [2.24, 2.45) is 12.0 Å². The van der Waals surface area contributed by atoms with Gasteiger partial charge in [0, 0.05) is 20.1 Å². The van der Waals surface area contributed by atoms with Gasteiger partial charge in [-0.25, -0.2) is 4.98 Å². The molecule has 1 saturated carbocycles. The fourth-order valence-electron chi connectivity index (χ4n) is 2.97. The number of para-hydroxylation sites is 2. The molecule has 1 heterocycles. The maximum Gasteiger partial charge on any atom is 0.191 e. The third-order valence-electron chi connectivity index (χ3n) is 4.21. The largest absolute Gasteiger partial charge is 0.354 e. The molecule has 5 nitrogen and oxygen atoms in total. The lowest BCUT2D eigenvalue weighted by Crippen LogP contribution is -2.42. The molecule has 1 aromatic heterocycles. The van der Waals surface area contributed by atoms with Crippen LogP contribution >= 0.6 is 24.0 Å². The number of benzene rings is 1. The summed E-state index contributed by atoms with van der Waals surface area (Å²) in [5, 5.41) is 6.86. The van der Waals surface area contributed by atoms with Gasteiger partial charge in [-0.15, -0.1) is 24.0 Å². The lowest BCUT2D eigenvalue weighted by molar-refractivity contribution is 0.609. The number of nitrogens with one attached hydrogen (secondary N) is 2. The number of guanidine groups is 1. The number of hydrogen-bond donors (Lipinski definition) is 2. The molecule has 1 aliphatic carbocycles. The molecule has 2 aromatic rings. The lowest BCUT2D eigenvalue weighted by Gasteiger charge is -2.16. The Kier molecular flexibility index (Phi) is 6.05. The second-order valence-corrected chi connectivity index (χ2v) is 5.63. The van der Waals surface area contributed by atoms with Crippen LogP contribution in [0.15, 0.2) is 29.3 Å². The number of aromatic nitrogens is 2. The summed E-state index contributed by atoms with van der Waals surface area (Å²) in [7, 11) is 3.87. The molecule has 1 aromatic carbocycles. The van der Waals surface area contributed by atoms with Crippen LogP contribution in [-0.2, 0) is 13.6 Å². The van der Waals surface area contributed by atoms with E-state index in [2.05, 4.69) is 38.3 Å². The highest BCUT2D eigenvalue weighted by Gasteiger charge is 2.16. The molecule has 1 aliphatic rings. The van der Waals surface area contributed by atoms with Crippen LogP contribution in [0.3, 0.4) is 0 Å². The van der Waals surface area contributed by atoms with Gasteiger partial charge in [0.2, 0.25) is 0 Å². The molecule has 0 atom stereocenters. The minimum Gasteiger partial charge on any atom is -0.354 e. The summed E-state index contributed by atoms with van der Waals surface area (Å²) < 4.78 is 2.13. The SMILES string of the molecule is CN=C(NCc1nc2ccccc2n1C)NC1CCCC1.I. The van der Waals surface area contributed by atoms with E-state index in [4.69, 9.17) is 0 Å². The van der Waals surface area contributed by atoms with Gasteiger partial charge in [-0.1, -0.05) is 25.0 Å². The fraction of sp³-hybridized carbons (Fsp3) is 0.500. The first-order valence-electron chi connectivity index (χ1n) is 7.65. The maximum atomic E-state index is 4.67. The molecule has 0 unspecified atom stereocenters. The standard InChI is InChI=1S/C16H23N5.HI/c1-17-16(19-12-7-3-4-8-12)18-11-15-20-13-9-5-6-10-14(13)21(15)2;/h5-6,9-10,12H,3-4,7-8,11H2,1-2H3,(H2,17,18,19);1H. The lowest BCUT2D eigenvalue weighted by atomic mass is 10.2. The highest BCUT2D eigenvalue weighted by atomic mass is 127. The number of fused-ring (bicyclic) bond motifs is 1. The zero-order valence-electron chi connectivity index (χ0n) is 13.2. The summed E-state index contributed by atoms with van der Waals surface area (Å²) in [6, 6.07) is 8.77. The summed E-state index contributed by atoms with van der Waals surface area (Å²) >= 11 is 0. The van der Waals surface area contributed by atoms with Crippen molar-refractivity contribution in [1.29, 1.82) is 0 Å². The third kappa shape index (κ3) is 3.71. The summed E-state index contributed by atoms with van der Waals surface area (Å²) in [5.74, 6) is 1.89. The van der Waals surface area contributed by atoms with Gasteiger partial charge in [0.05, 0.1) is 17.6 Å². The van der Waals surface area contributed by atoms with E-state index in [1.165, 1.54) is 25.7 Å². The third-order valence-corrected chi connectivity index (χ3v) is 4.21. The van der Waals surface area contributed by atoms with E-state index in [0.29, 0.717) is 12.6 Å². The van der Waals surface area contributed by atoms with Crippen LogP contribution in [0.25, 0.3) is 11.0 Å². The molecular weight excluding hydrogens is 389 g/mol. The number of rotatable bonds is 3. The number of nitrogens with zero attached hydrogens (tertiary/aromatic N) is 3. The number of aliphatic imine (C=N–C) groups is 1. The average Bonchev–Trinajstić information content (AvgIpc) is 3.12. The Balaban J connectivity index is 0.00000176. The molecule has 120 valence electrons. The highest BCUT2D eigenvalue weighted by molar-refractivity contribution is 14.0. The van der Waals surface area contributed by atoms with Crippen LogP contribution in [0, 0.1) is 0 Å². The normalized spacial score (nSPS) is 15.8. The predicted molar refractivity (Wildman–Crippen MR) is 102 cm³/mol. The van der Waals surface area contributed by atoms with Gasteiger partial charge in [-0.05, 0) is 25.0 Å². The Morgan fingerprint density at radius 3 is 2.73 bits per heavy atom. The van der Waals surface area contributed by atoms with E-state index in [1.807, 2.05) is 25.2 Å². The van der Waals surface area contributed by atoms with Crippen LogP contribution in [0.5, 0.6) is 0 Å². The van der Waals surface area contributed by atoms with Gasteiger partial charge in [-0.3, -0.25) is 4.99 Å². The van der Waals surface area contributed by atoms with Gasteiger partial charge in [-0.2, -0.15) is 0 Å². The van der Waals surface area contributed by atoms with E-state index < -0.39 is 0 Å². The van der Waals surface area contributed by atoms with Crippen molar-refractivity contribution >= 4 is 41.0 Å². The van der Waals surface area contributed by atoms with E-state index >= 15 is 0 Å². The van der Waals surface area contributed by atoms with Gasteiger partial charge in [0.15, 0.2) is 5.96 Å². The van der Waals surface area contributed by atoms with Crippen LogP contribution in [0.4, 0.5) is 0 Å². The van der Waals surface area contributed by atoms with Crippen LogP contribution in [0.2, 0.25) is 0 Å². The number of halogens is 1. The van der Waals surface area contributed by atoms with Gasteiger partial charge in [0.25, 0.3) is 0 Å². The molecule has 2 N–H and O–H groups in total. The van der Waals surface area contributed by atoms with Crippen LogP contribution < -0.4 is 10.6 Å². The average molecular weight is 413 g/mol. The monoisotopic (exact) mass is 413 g/mol. The molecule has 0 saturated heterocycles. The van der Waals surface area contributed by atoms with Crippen LogP contribution in [-0.4, -0.2) is 28.6 Å². The predicted octanol–water partition coefficient (Wildman–Crippen LogP) is 2.80. The molecular formula is C16H24IN5. The molecule has 0 amide bonds. The first-order chi connectivity index (χ1) is 10.3. The van der Waals surface area contributed by atoms with E-state index in [9.17, 15) is 0 Å². The highest BCUT2D eigenvalue weighted by Crippen LogP contribution is 2.17. The Bertz CT molecular complexity index is 643. The van der Waals surface area contributed by atoms with Crippen molar-refractivity contribution in [3.63, 3.8) is 0 Å². The second-order valence-electron chi connectivity index (χ2n) is 5.63. The summed E-state index contributed by atoms with van der Waals surface area (Å²) in [6.07, 6.45) is 5.12. The molecule has 1 fully saturated rings. The van der Waals surface area contributed by atoms with Gasteiger partial charge in [0.1, 0.15) is 5.82 Å². The molecule has 6 heteroatoms. The number of hydrogen-bond acceptors (Lipinski definition) is 2. The topological polar surface area (TPSA) is 54.2 Å². The molecule has 0 spiro atoms. The van der Waals surface area contributed by atoms with Gasteiger partial charge < -0.3 is 15.2 Å². The van der Waals surface area contributed by atoms with E-state index in [-0.39, 0.29) is 24.0 Å². The second kappa shape index (κ2) is 7.80. The number of imidazole rings is 1. The quantitative estimate of drug-likeness (QED) is 0.462. The van der Waals surface area contributed by atoms with E-state index in [0.717, 1.165) is 22.8 Å². The smallest absolute Gasteiger partial charge is 0.191 e. The first-order valence-corrected chi connectivity index (χ1v) is 7.65. The Labute approximate surface area is 148 Å².